The molecule has 0 radical (unpaired) electrons. The van der Waals surface area contributed by atoms with E-state index in [-0.39, 0.29) is 19.2 Å². The summed E-state index contributed by atoms with van der Waals surface area (Å²) in [6, 6.07) is 14.7. The Hall–Kier alpha value is -3.86. The number of ether oxygens (including phenoxy) is 3. The van der Waals surface area contributed by atoms with Gasteiger partial charge in [0.1, 0.15) is 25.0 Å². The minimum atomic E-state index is -0.339. The number of hydrogen-bond acceptors (Lipinski definition) is 7. The van der Waals surface area contributed by atoms with Crippen molar-refractivity contribution < 1.29 is 19.0 Å². The van der Waals surface area contributed by atoms with Gasteiger partial charge in [-0.25, -0.2) is 9.67 Å². The van der Waals surface area contributed by atoms with Gasteiger partial charge in [0.05, 0.1) is 24.7 Å². The zero-order valence-corrected chi connectivity index (χ0v) is 15.5. The normalized spacial score (nSPS) is 10.2. The number of nitrogens with zero attached hydrogens (tertiary/aromatic N) is 4. The van der Waals surface area contributed by atoms with Gasteiger partial charge in [-0.1, -0.05) is 0 Å². The third kappa shape index (κ3) is 4.45. The van der Waals surface area contributed by atoms with Crippen LogP contribution in [-0.4, -0.2) is 41.1 Å². The van der Waals surface area contributed by atoms with Crippen LogP contribution in [0.1, 0.15) is 12.6 Å². The molecule has 0 aliphatic carbocycles. The Morgan fingerprint density at radius 2 is 1.96 bits per heavy atom. The first-order valence-electron chi connectivity index (χ1n) is 8.48. The lowest BCUT2D eigenvalue weighted by molar-refractivity contribution is -0.141. The fourth-order valence-corrected chi connectivity index (χ4v) is 2.52. The van der Waals surface area contributed by atoms with Gasteiger partial charge in [-0.2, -0.15) is 10.4 Å². The highest BCUT2D eigenvalue weighted by atomic mass is 16.6. The molecule has 0 bridgehead atoms. The third-order valence-electron chi connectivity index (χ3n) is 3.81. The van der Waals surface area contributed by atoms with E-state index in [1.165, 1.54) is 6.92 Å². The van der Waals surface area contributed by atoms with E-state index in [1.54, 1.807) is 42.3 Å². The number of esters is 1. The zero-order valence-electron chi connectivity index (χ0n) is 15.5. The van der Waals surface area contributed by atoms with Gasteiger partial charge in [0.15, 0.2) is 5.69 Å². The quantitative estimate of drug-likeness (QED) is 0.460. The van der Waals surface area contributed by atoms with E-state index in [1.807, 2.05) is 18.2 Å². The van der Waals surface area contributed by atoms with Crippen molar-refractivity contribution in [3.8, 4) is 34.6 Å². The molecule has 1 aromatic carbocycles. The number of carbonyl (C=O) groups is 1. The highest BCUT2D eigenvalue weighted by Crippen LogP contribution is 2.26. The number of hydrogen-bond donors (Lipinski definition) is 0. The summed E-state index contributed by atoms with van der Waals surface area (Å²) in [5.41, 5.74) is 2.61. The number of methoxy groups -OCH3 is 1. The molecule has 0 amide bonds. The van der Waals surface area contributed by atoms with Crippen LogP contribution in [0.15, 0.2) is 48.7 Å². The molecule has 8 nitrogen and oxygen atoms in total. The average Bonchev–Trinajstić information content (AvgIpc) is 3.16. The summed E-state index contributed by atoms with van der Waals surface area (Å²) in [7, 11) is 1.55. The van der Waals surface area contributed by atoms with Crippen molar-refractivity contribution in [3.05, 3.63) is 54.4 Å². The molecule has 28 heavy (non-hydrogen) atoms. The summed E-state index contributed by atoms with van der Waals surface area (Å²) in [6.07, 6.45) is 1.63. The molecule has 8 heteroatoms. The molecule has 0 aliphatic rings. The monoisotopic (exact) mass is 378 g/mol. The van der Waals surface area contributed by atoms with E-state index >= 15 is 0 Å². The van der Waals surface area contributed by atoms with Crippen LogP contribution in [0, 0.1) is 11.3 Å². The van der Waals surface area contributed by atoms with Gasteiger partial charge in [0.25, 0.3) is 0 Å². The van der Waals surface area contributed by atoms with Crippen molar-refractivity contribution in [1.29, 1.82) is 5.26 Å². The Morgan fingerprint density at radius 1 is 1.18 bits per heavy atom. The molecule has 2 heterocycles. The molecule has 0 saturated heterocycles. The van der Waals surface area contributed by atoms with Gasteiger partial charge < -0.3 is 14.2 Å². The Morgan fingerprint density at radius 3 is 2.57 bits per heavy atom. The van der Waals surface area contributed by atoms with Crippen LogP contribution in [0.3, 0.4) is 0 Å². The molecular weight excluding hydrogens is 360 g/mol. The van der Waals surface area contributed by atoms with Crippen LogP contribution in [0.5, 0.6) is 11.6 Å². The van der Waals surface area contributed by atoms with Gasteiger partial charge in [0, 0.05) is 24.6 Å². The fraction of sp³-hybridized carbons (Fsp3) is 0.200. The number of pyridine rings is 1. The highest BCUT2D eigenvalue weighted by molar-refractivity contribution is 5.66. The van der Waals surface area contributed by atoms with Crippen LogP contribution >= 0.6 is 0 Å². The molecule has 0 aliphatic heterocycles. The molecule has 0 N–H and O–H groups in total. The Labute approximate surface area is 161 Å². The summed E-state index contributed by atoms with van der Waals surface area (Å²) in [5, 5.41) is 13.6. The summed E-state index contributed by atoms with van der Waals surface area (Å²) in [4.78, 5) is 14.9. The van der Waals surface area contributed by atoms with Crippen molar-refractivity contribution in [2.24, 2.45) is 0 Å². The lowest BCUT2D eigenvalue weighted by Crippen LogP contribution is -2.09. The van der Waals surface area contributed by atoms with E-state index in [0.29, 0.717) is 23.0 Å². The number of nitriles is 1. The second kappa shape index (κ2) is 8.68. The molecule has 2 aromatic heterocycles. The SMILES string of the molecule is COc1ccc(-n2nc(C#N)cc2-c2ccc(OCCOC(C)=O)cc2)cn1. The van der Waals surface area contributed by atoms with Gasteiger partial charge in [0.2, 0.25) is 5.88 Å². The summed E-state index contributed by atoms with van der Waals surface area (Å²) >= 11 is 0. The first-order chi connectivity index (χ1) is 13.6. The zero-order chi connectivity index (χ0) is 19.9. The second-order valence-electron chi connectivity index (χ2n) is 5.71. The summed E-state index contributed by atoms with van der Waals surface area (Å²) in [5.74, 6) is 0.801. The molecule has 0 unspecified atom stereocenters. The standard InChI is InChI=1S/C20H18N4O4/c1-14(25)27-9-10-28-18-6-3-15(4-7-18)19-11-16(12-21)23-24(19)17-5-8-20(26-2)22-13-17/h3-8,11,13H,9-10H2,1-2H3. The van der Waals surface area contributed by atoms with Crippen LogP contribution in [0.2, 0.25) is 0 Å². The van der Waals surface area contributed by atoms with Crippen LogP contribution in [0.25, 0.3) is 16.9 Å². The topological polar surface area (TPSA) is 99.3 Å². The van der Waals surface area contributed by atoms with Gasteiger partial charge in [-0.05, 0) is 30.3 Å². The first-order valence-corrected chi connectivity index (χ1v) is 8.48. The van der Waals surface area contributed by atoms with Crippen molar-refractivity contribution in [1.82, 2.24) is 14.8 Å². The first kappa shape index (κ1) is 18.9. The smallest absolute Gasteiger partial charge is 0.302 e. The van der Waals surface area contributed by atoms with Gasteiger partial charge in [-0.3, -0.25) is 4.79 Å². The molecule has 142 valence electrons. The predicted molar refractivity (Wildman–Crippen MR) is 100 cm³/mol. The summed E-state index contributed by atoms with van der Waals surface area (Å²) in [6.45, 7) is 1.82. The van der Waals surface area contributed by atoms with Crippen molar-refractivity contribution in [3.63, 3.8) is 0 Å². The number of benzene rings is 1. The van der Waals surface area contributed by atoms with Crippen LogP contribution < -0.4 is 9.47 Å². The minimum absolute atomic E-state index is 0.194. The third-order valence-corrected chi connectivity index (χ3v) is 3.81. The van der Waals surface area contributed by atoms with Crippen molar-refractivity contribution in [2.75, 3.05) is 20.3 Å². The van der Waals surface area contributed by atoms with Gasteiger partial charge >= 0.3 is 5.97 Å². The predicted octanol–water partition coefficient (Wildman–Crippen LogP) is 2.76. The second-order valence-corrected chi connectivity index (χ2v) is 5.71. The maximum atomic E-state index is 10.7. The minimum Gasteiger partial charge on any atom is -0.490 e. The van der Waals surface area contributed by atoms with Gasteiger partial charge in [-0.15, -0.1) is 0 Å². The van der Waals surface area contributed by atoms with E-state index in [9.17, 15) is 10.1 Å². The molecule has 0 spiro atoms. The number of rotatable bonds is 7. The molecule has 3 aromatic rings. The Bertz CT molecular complexity index is 989. The van der Waals surface area contributed by atoms with E-state index in [0.717, 1.165) is 11.3 Å². The summed E-state index contributed by atoms with van der Waals surface area (Å²) < 4.78 is 17.1. The maximum Gasteiger partial charge on any atom is 0.302 e. The largest absolute Gasteiger partial charge is 0.490 e. The van der Waals surface area contributed by atoms with Crippen LogP contribution in [-0.2, 0) is 9.53 Å². The Kier molecular flexibility index (Phi) is 5.87. The molecule has 0 atom stereocenters. The fourth-order valence-electron chi connectivity index (χ4n) is 2.52. The highest BCUT2D eigenvalue weighted by Gasteiger charge is 2.12. The molecule has 3 rings (SSSR count). The molecular formula is C20H18N4O4. The molecule has 0 fully saturated rings. The van der Waals surface area contributed by atoms with E-state index in [2.05, 4.69) is 16.2 Å². The average molecular weight is 378 g/mol. The lowest BCUT2D eigenvalue weighted by atomic mass is 10.1. The Balaban J connectivity index is 1.81. The van der Waals surface area contributed by atoms with Crippen molar-refractivity contribution in [2.45, 2.75) is 6.92 Å². The van der Waals surface area contributed by atoms with E-state index < -0.39 is 0 Å². The van der Waals surface area contributed by atoms with Crippen LogP contribution in [0.4, 0.5) is 0 Å². The lowest BCUT2D eigenvalue weighted by Gasteiger charge is -2.09. The van der Waals surface area contributed by atoms with Crippen molar-refractivity contribution >= 4 is 5.97 Å². The number of carbonyl (C=O) groups excluding carboxylic acids is 1. The van der Waals surface area contributed by atoms with E-state index in [4.69, 9.17) is 14.2 Å². The number of aromatic nitrogens is 3. The molecule has 0 saturated carbocycles. The maximum absolute atomic E-state index is 10.7.